The number of rotatable bonds is 4. The van der Waals surface area contributed by atoms with Crippen LogP contribution in [0.1, 0.15) is 86.6 Å². The van der Waals surface area contributed by atoms with Crippen LogP contribution in [0.2, 0.25) is 0 Å². The molecule has 162 valence electrons. The third kappa shape index (κ3) is 4.66. The standard InChI is InChI=1S/C18H20F2N6O.C3H8/c1-11-7-8-21-17-13(9-22-26(11)17)18(27)23-14-10-25(24-15(14)16(19)20)12-5-3-2-4-6-12;1-3-2/h7-10,12,16H,2-6H2,1H3,(H,23,27);3H2,1-2H3. The molecule has 7 nitrogen and oxygen atoms in total. The van der Waals surface area contributed by atoms with Gasteiger partial charge in [-0.1, -0.05) is 39.5 Å². The zero-order valence-electron chi connectivity index (χ0n) is 17.6. The van der Waals surface area contributed by atoms with Crippen molar-refractivity contribution in [2.75, 3.05) is 5.32 Å². The van der Waals surface area contributed by atoms with Crippen molar-refractivity contribution in [3.63, 3.8) is 0 Å². The van der Waals surface area contributed by atoms with Crippen LogP contribution in [0.5, 0.6) is 0 Å². The number of halogens is 2. The molecular formula is C21H28F2N6O. The van der Waals surface area contributed by atoms with Gasteiger partial charge in [0.15, 0.2) is 11.3 Å². The quantitative estimate of drug-likeness (QED) is 0.620. The summed E-state index contributed by atoms with van der Waals surface area (Å²) >= 11 is 0. The maximum atomic E-state index is 13.5. The van der Waals surface area contributed by atoms with E-state index in [0.29, 0.717) is 5.65 Å². The van der Waals surface area contributed by atoms with E-state index in [-0.39, 0.29) is 17.3 Å². The lowest BCUT2D eigenvalue weighted by Gasteiger charge is -2.21. The van der Waals surface area contributed by atoms with Crippen molar-refractivity contribution in [2.24, 2.45) is 0 Å². The Morgan fingerprint density at radius 3 is 2.63 bits per heavy atom. The molecule has 1 fully saturated rings. The van der Waals surface area contributed by atoms with Crippen molar-refractivity contribution in [2.45, 2.75) is 71.8 Å². The Labute approximate surface area is 174 Å². The fraction of sp³-hybridized carbons (Fsp3) is 0.524. The molecule has 1 aliphatic rings. The van der Waals surface area contributed by atoms with E-state index < -0.39 is 18.0 Å². The second-order valence-corrected chi connectivity index (χ2v) is 7.54. The van der Waals surface area contributed by atoms with Crippen LogP contribution >= 0.6 is 0 Å². The van der Waals surface area contributed by atoms with Crippen LogP contribution in [-0.2, 0) is 0 Å². The van der Waals surface area contributed by atoms with Crippen LogP contribution in [0.4, 0.5) is 14.5 Å². The van der Waals surface area contributed by atoms with Gasteiger partial charge in [-0.3, -0.25) is 9.48 Å². The minimum atomic E-state index is -2.77. The van der Waals surface area contributed by atoms with Crippen molar-refractivity contribution in [3.05, 3.63) is 41.6 Å². The lowest BCUT2D eigenvalue weighted by Crippen LogP contribution is -2.14. The fourth-order valence-electron chi connectivity index (χ4n) is 3.56. The summed E-state index contributed by atoms with van der Waals surface area (Å²) in [5, 5.41) is 10.8. The normalized spacial score (nSPS) is 14.6. The van der Waals surface area contributed by atoms with Gasteiger partial charge in [-0.25, -0.2) is 18.3 Å². The molecule has 3 aromatic rings. The van der Waals surface area contributed by atoms with Crippen LogP contribution in [0.25, 0.3) is 5.65 Å². The molecule has 0 unspecified atom stereocenters. The van der Waals surface area contributed by atoms with E-state index >= 15 is 0 Å². The van der Waals surface area contributed by atoms with Crippen LogP contribution in [0.3, 0.4) is 0 Å². The van der Waals surface area contributed by atoms with Gasteiger partial charge in [0.05, 0.1) is 17.9 Å². The van der Waals surface area contributed by atoms with Crippen molar-refractivity contribution in [1.82, 2.24) is 24.4 Å². The van der Waals surface area contributed by atoms with Gasteiger partial charge in [0.2, 0.25) is 0 Å². The lowest BCUT2D eigenvalue weighted by molar-refractivity contribution is 0.102. The van der Waals surface area contributed by atoms with E-state index in [0.717, 1.165) is 37.8 Å². The zero-order chi connectivity index (χ0) is 21.7. The minimum Gasteiger partial charge on any atom is -0.319 e. The molecule has 0 atom stereocenters. The van der Waals surface area contributed by atoms with E-state index in [9.17, 15) is 13.6 Å². The summed E-state index contributed by atoms with van der Waals surface area (Å²) in [6, 6.07) is 1.87. The maximum Gasteiger partial charge on any atom is 0.284 e. The molecule has 9 heteroatoms. The lowest BCUT2D eigenvalue weighted by atomic mass is 9.96. The van der Waals surface area contributed by atoms with Crippen LogP contribution in [-0.4, -0.2) is 30.3 Å². The van der Waals surface area contributed by atoms with Gasteiger partial charge in [-0.2, -0.15) is 10.2 Å². The van der Waals surface area contributed by atoms with Crippen LogP contribution in [0.15, 0.2) is 24.7 Å². The molecule has 1 saturated carbocycles. The largest absolute Gasteiger partial charge is 0.319 e. The summed E-state index contributed by atoms with van der Waals surface area (Å²) in [6.07, 6.45) is 8.06. The molecule has 1 amide bonds. The molecule has 3 aromatic heterocycles. The first-order valence-corrected chi connectivity index (χ1v) is 10.4. The van der Waals surface area contributed by atoms with Gasteiger partial charge >= 0.3 is 0 Å². The van der Waals surface area contributed by atoms with Gasteiger partial charge in [0.1, 0.15) is 5.56 Å². The molecule has 1 aliphatic carbocycles. The Kier molecular flexibility index (Phi) is 7.12. The zero-order valence-corrected chi connectivity index (χ0v) is 17.6. The van der Waals surface area contributed by atoms with E-state index in [1.54, 1.807) is 16.9 Å². The molecule has 0 spiro atoms. The number of nitrogens with one attached hydrogen (secondary N) is 1. The van der Waals surface area contributed by atoms with E-state index in [1.807, 2.05) is 6.92 Å². The van der Waals surface area contributed by atoms with E-state index in [1.165, 1.54) is 23.3 Å². The molecule has 0 aliphatic heterocycles. The third-order valence-electron chi connectivity index (χ3n) is 5.00. The predicted octanol–water partition coefficient (Wildman–Crippen LogP) is 5.35. The first-order chi connectivity index (χ1) is 14.5. The summed E-state index contributed by atoms with van der Waals surface area (Å²) in [5.41, 5.74) is 1.05. The first-order valence-electron chi connectivity index (χ1n) is 10.4. The monoisotopic (exact) mass is 418 g/mol. The number of aryl methyl sites for hydroxylation is 1. The molecule has 0 saturated heterocycles. The molecule has 0 aromatic carbocycles. The van der Waals surface area contributed by atoms with Crippen LogP contribution < -0.4 is 5.32 Å². The Morgan fingerprint density at radius 1 is 1.27 bits per heavy atom. The molecule has 1 N–H and O–H groups in total. The number of aromatic nitrogens is 5. The fourth-order valence-corrected chi connectivity index (χ4v) is 3.56. The second-order valence-electron chi connectivity index (χ2n) is 7.54. The number of hydrogen-bond acceptors (Lipinski definition) is 4. The predicted molar refractivity (Wildman–Crippen MR) is 111 cm³/mol. The number of fused-ring (bicyclic) bond motifs is 1. The first kappa shape index (κ1) is 21.9. The minimum absolute atomic E-state index is 0.0348. The highest BCUT2D eigenvalue weighted by atomic mass is 19.3. The number of nitrogens with zero attached hydrogens (tertiary/aromatic N) is 5. The summed E-state index contributed by atoms with van der Waals surface area (Å²) in [5.74, 6) is -0.534. The highest BCUT2D eigenvalue weighted by Gasteiger charge is 2.25. The van der Waals surface area contributed by atoms with Crippen molar-refractivity contribution >= 4 is 17.2 Å². The third-order valence-corrected chi connectivity index (χ3v) is 5.00. The van der Waals surface area contributed by atoms with Crippen LogP contribution in [0, 0.1) is 6.92 Å². The van der Waals surface area contributed by atoms with Gasteiger partial charge < -0.3 is 5.32 Å². The maximum absolute atomic E-state index is 13.5. The molecule has 4 rings (SSSR count). The topological polar surface area (TPSA) is 77.1 Å². The number of anilines is 1. The average Bonchev–Trinajstić information content (AvgIpc) is 3.35. The number of alkyl halides is 2. The molecule has 0 radical (unpaired) electrons. The van der Waals surface area contributed by atoms with Crippen molar-refractivity contribution in [3.8, 4) is 0 Å². The van der Waals surface area contributed by atoms with Crippen molar-refractivity contribution in [1.29, 1.82) is 0 Å². The highest BCUT2D eigenvalue weighted by molar-refractivity contribution is 6.08. The Balaban J connectivity index is 0.000000806. The smallest absolute Gasteiger partial charge is 0.284 e. The van der Waals surface area contributed by atoms with Gasteiger partial charge in [0, 0.05) is 18.1 Å². The molecule has 30 heavy (non-hydrogen) atoms. The molecule has 3 heterocycles. The second kappa shape index (κ2) is 9.77. The van der Waals surface area contributed by atoms with Gasteiger partial charge in [-0.05, 0) is 25.8 Å². The Hall–Kier alpha value is -2.84. The number of hydrogen-bond donors (Lipinski definition) is 1. The number of carbonyl (C=O) groups is 1. The summed E-state index contributed by atoms with van der Waals surface area (Å²) in [6.45, 7) is 6.09. The number of amides is 1. The van der Waals surface area contributed by atoms with E-state index in [2.05, 4.69) is 34.3 Å². The molecular weight excluding hydrogens is 390 g/mol. The summed E-state index contributed by atoms with van der Waals surface area (Å²) in [7, 11) is 0. The Bertz CT molecular complexity index is 991. The molecule has 0 bridgehead atoms. The average molecular weight is 418 g/mol. The highest BCUT2D eigenvalue weighted by Crippen LogP contribution is 2.32. The Morgan fingerprint density at radius 2 is 1.97 bits per heavy atom. The summed E-state index contributed by atoms with van der Waals surface area (Å²) < 4.78 is 30.0. The van der Waals surface area contributed by atoms with Crippen molar-refractivity contribution < 1.29 is 13.6 Å². The summed E-state index contributed by atoms with van der Waals surface area (Å²) in [4.78, 5) is 16.8. The van der Waals surface area contributed by atoms with Gasteiger partial charge in [-0.15, -0.1) is 0 Å². The SMILES string of the molecule is CCC.Cc1ccnc2c(C(=O)Nc3cn(C4CCCCC4)nc3C(F)F)cnn12. The van der Waals surface area contributed by atoms with E-state index in [4.69, 9.17) is 0 Å². The number of carbonyl (C=O) groups excluding carboxylic acids is 1. The van der Waals surface area contributed by atoms with Gasteiger partial charge in [0.25, 0.3) is 12.3 Å².